The van der Waals surface area contributed by atoms with E-state index in [0.717, 1.165) is 16.1 Å². The van der Waals surface area contributed by atoms with Crippen molar-refractivity contribution in [1.82, 2.24) is 0 Å². The van der Waals surface area contributed by atoms with Crippen LogP contribution in [0.5, 0.6) is 0 Å². The molecule has 20 heavy (non-hydrogen) atoms. The Balaban J connectivity index is 1.70. The molecule has 0 spiro atoms. The Morgan fingerprint density at radius 3 is 2.45 bits per heavy atom. The summed E-state index contributed by atoms with van der Waals surface area (Å²) in [4.78, 5) is 12.6. The molecule has 0 radical (unpaired) electrons. The zero-order chi connectivity index (χ0) is 13.8. The summed E-state index contributed by atoms with van der Waals surface area (Å²) in [5.41, 5.74) is 3.11. The number of anilines is 1. The number of rotatable bonds is 3. The Bertz CT molecular complexity index is 677. The van der Waals surface area contributed by atoms with E-state index in [1.54, 1.807) is 0 Å². The van der Waals surface area contributed by atoms with Crippen LogP contribution in [0.1, 0.15) is 15.2 Å². The first-order valence-corrected chi connectivity index (χ1v) is 7.21. The van der Waals surface area contributed by atoms with Crippen molar-refractivity contribution in [3.05, 3.63) is 82.1 Å². The van der Waals surface area contributed by atoms with Crippen molar-refractivity contribution < 1.29 is 4.79 Å². The molecule has 0 saturated heterocycles. The van der Waals surface area contributed by atoms with E-state index in [0.29, 0.717) is 0 Å². The minimum absolute atomic E-state index is 0.0623. The molecular formula is C17H13NOS. The normalized spacial score (nSPS) is 12.7. The van der Waals surface area contributed by atoms with Crippen molar-refractivity contribution >= 4 is 29.0 Å². The number of thiophene rings is 1. The average molecular weight is 279 g/mol. The van der Waals surface area contributed by atoms with Crippen LogP contribution in [0.4, 0.5) is 5.69 Å². The van der Waals surface area contributed by atoms with Crippen LogP contribution in [0.2, 0.25) is 0 Å². The maximum Gasteiger partial charge on any atom is 0.265 e. The van der Waals surface area contributed by atoms with E-state index in [9.17, 15) is 4.79 Å². The third-order valence-corrected chi connectivity index (χ3v) is 3.80. The number of carbonyl (C=O) groups excluding carboxylic acids is 1. The molecule has 1 aliphatic rings. The molecular weight excluding hydrogens is 266 g/mol. The zero-order valence-corrected chi connectivity index (χ0v) is 11.6. The molecule has 2 aromatic rings. The van der Waals surface area contributed by atoms with Gasteiger partial charge < -0.3 is 5.32 Å². The molecule has 1 aromatic carbocycles. The monoisotopic (exact) mass is 279 g/mol. The number of allylic oxidation sites excluding steroid dienone is 5. The van der Waals surface area contributed by atoms with Crippen LogP contribution in [-0.2, 0) is 0 Å². The van der Waals surface area contributed by atoms with Gasteiger partial charge in [-0.2, -0.15) is 0 Å². The van der Waals surface area contributed by atoms with Gasteiger partial charge in [-0.15, -0.1) is 11.3 Å². The van der Waals surface area contributed by atoms with Gasteiger partial charge >= 0.3 is 0 Å². The Labute approximate surface area is 121 Å². The van der Waals surface area contributed by atoms with Gasteiger partial charge in [-0.3, -0.25) is 4.79 Å². The van der Waals surface area contributed by atoms with E-state index in [2.05, 4.69) is 23.5 Å². The average Bonchev–Trinajstić information content (AvgIpc) is 3.13. The molecule has 1 aliphatic carbocycles. The van der Waals surface area contributed by atoms with Crippen LogP contribution in [0, 0.1) is 0 Å². The van der Waals surface area contributed by atoms with Gasteiger partial charge in [0.2, 0.25) is 0 Å². The summed E-state index contributed by atoms with van der Waals surface area (Å²) in [6.07, 6.45) is 10.3. The molecule has 0 atom stereocenters. The van der Waals surface area contributed by atoms with Gasteiger partial charge in [0.25, 0.3) is 5.91 Å². The summed E-state index contributed by atoms with van der Waals surface area (Å²) in [7, 11) is 0. The fraction of sp³-hybridized carbons (Fsp3) is 0. The third-order valence-electron chi connectivity index (χ3n) is 2.94. The quantitative estimate of drug-likeness (QED) is 0.880. The van der Waals surface area contributed by atoms with Gasteiger partial charge in [0.05, 0.1) is 4.88 Å². The molecule has 0 fully saturated rings. The predicted molar refractivity (Wildman–Crippen MR) is 85.0 cm³/mol. The van der Waals surface area contributed by atoms with Crippen LogP contribution in [0.15, 0.2) is 71.7 Å². The number of hydrogen-bond donors (Lipinski definition) is 1. The molecule has 0 bridgehead atoms. The van der Waals surface area contributed by atoms with Gasteiger partial charge in [0.1, 0.15) is 0 Å². The first kappa shape index (κ1) is 12.6. The van der Waals surface area contributed by atoms with E-state index in [1.165, 1.54) is 16.9 Å². The van der Waals surface area contributed by atoms with Crippen molar-refractivity contribution in [2.24, 2.45) is 0 Å². The Hall–Kier alpha value is -2.39. The number of carbonyl (C=O) groups is 1. The lowest BCUT2D eigenvalue weighted by molar-refractivity contribution is 0.103. The lowest BCUT2D eigenvalue weighted by Crippen LogP contribution is -2.09. The van der Waals surface area contributed by atoms with Crippen LogP contribution >= 0.6 is 11.3 Å². The van der Waals surface area contributed by atoms with Crippen molar-refractivity contribution in [3.8, 4) is 0 Å². The summed E-state index contributed by atoms with van der Waals surface area (Å²) in [6.45, 7) is 0. The second-order valence-electron chi connectivity index (χ2n) is 4.42. The van der Waals surface area contributed by atoms with E-state index in [-0.39, 0.29) is 5.91 Å². The maximum absolute atomic E-state index is 11.9. The van der Waals surface area contributed by atoms with E-state index >= 15 is 0 Å². The Morgan fingerprint density at radius 1 is 1.05 bits per heavy atom. The fourth-order valence-electron chi connectivity index (χ4n) is 1.94. The van der Waals surface area contributed by atoms with Crippen LogP contribution in [-0.4, -0.2) is 5.91 Å². The number of nitrogens with one attached hydrogen (secondary N) is 1. The fourth-order valence-corrected chi connectivity index (χ4v) is 2.56. The second kappa shape index (κ2) is 5.72. The summed E-state index contributed by atoms with van der Waals surface area (Å²) in [6, 6.07) is 11.5. The van der Waals surface area contributed by atoms with E-state index < -0.39 is 0 Å². The Kier molecular flexibility index (Phi) is 3.61. The minimum atomic E-state index is -0.0623. The van der Waals surface area contributed by atoms with Gasteiger partial charge in [-0.1, -0.05) is 42.5 Å². The molecule has 3 heteroatoms. The van der Waals surface area contributed by atoms with Gasteiger partial charge in [0, 0.05) is 5.69 Å². The second-order valence-corrected chi connectivity index (χ2v) is 5.36. The van der Waals surface area contributed by atoms with Crippen LogP contribution in [0.3, 0.4) is 0 Å². The predicted octanol–water partition coefficient (Wildman–Crippen LogP) is 4.51. The summed E-state index contributed by atoms with van der Waals surface area (Å²) >= 11 is 1.44. The zero-order valence-electron chi connectivity index (χ0n) is 10.7. The third kappa shape index (κ3) is 2.95. The molecule has 3 rings (SSSR count). The highest BCUT2D eigenvalue weighted by Gasteiger charge is 2.06. The molecule has 0 saturated carbocycles. The SMILES string of the molecule is O=C(Nc1ccc(C=C2C=CC=C2)cc1)c1cccs1. The number of benzene rings is 1. The molecule has 0 aliphatic heterocycles. The molecule has 1 aromatic heterocycles. The number of hydrogen-bond acceptors (Lipinski definition) is 2. The highest BCUT2D eigenvalue weighted by Crippen LogP contribution is 2.17. The van der Waals surface area contributed by atoms with Gasteiger partial charge in [0.15, 0.2) is 0 Å². The lowest BCUT2D eigenvalue weighted by atomic mass is 10.1. The minimum Gasteiger partial charge on any atom is -0.321 e. The Morgan fingerprint density at radius 2 is 1.80 bits per heavy atom. The first-order chi connectivity index (χ1) is 9.81. The van der Waals surface area contributed by atoms with Crippen molar-refractivity contribution in [2.45, 2.75) is 0 Å². The van der Waals surface area contributed by atoms with Crippen LogP contribution in [0.25, 0.3) is 6.08 Å². The number of amides is 1. The van der Waals surface area contributed by atoms with Crippen molar-refractivity contribution in [1.29, 1.82) is 0 Å². The molecule has 0 unspecified atom stereocenters. The molecule has 1 amide bonds. The largest absolute Gasteiger partial charge is 0.321 e. The van der Waals surface area contributed by atoms with E-state index in [4.69, 9.17) is 0 Å². The molecule has 1 heterocycles. The summed E-state index contributed by atoms with van der Waals surface area (Å²) in [5, 5.41) is 4.78. The van der Waals surface area contributed by atoms with Crippen molar-refractivity contribution in [2.75, 3.05) is 5.32 Å². The maximum atomic E-state index is 11.9. The summed E-state index contributed by atoms with van der Waals surface area (Å²) < 4.78 is 0. The summed E-state index contributed by atoms with van der Waals surface area (Å²) in [5.74, 6) is -0.0623. The molecule has 2 nitrogen and oxygen atoms in total. The first-order valence-electron chi connectivity index (χ1n) is 6.33. The topological polar surface area (TPSA) is 29.1 Å². The molecule has 1 N–H and O–H groups in total. The van der Waals surface area contributed by atoms with Crippen LogP contribution < -0.4 is 5.32 Å². The van der Waals surface area contributed by atoms with Gasteiger partial charge in [-0.05, 0) is 40.8 Å². The van der Waals surface area contributed by atoms with E-state index in [1.807, 2.05) is 53.9 Å². The highest BCUT2D eigenvalue weighted by molar-refractivity contribution is 7.12. The van der Waals surface area contributed by atoms with Gasteiger partial charge in [-0.25, -0.2) is 0 Å². The standard InChI is InChI=1S/C17H13NOS/c19-17(16-6-3-11-20-16)18-15-9-7-14(8-10-15)12-13-4-1-2-5-13/h1-12H,(H,18,19). The smallest absolute Gasteiger partial charge is 0.265 e. The molecule has 98 valence electrons. The highest BCUT2D eigenvalue weighted by atomic mass is 32.1. The van der Waals surface area contributed by atoms with Crippen molar-refractivity contribution in [3.63, 3.8) is 0 Å². The lowest BCUT2D eigenvalue weighted by Gasteiger charge is -2.04.